The average Bonchev–Trinajstić information content (AvgIpc) is 2.31. The van der Waals surface area contributed by atoms with Crippen molar-refractivity contribution in [1.82, 2.24) is 4.98 Å². The molecule has 1 aromatic heterocycles. The summed E-state index contributed by atoms with van der Waals surface area (Å²) in [6.45, 7) is 0. The number of nitrogens with two attached hydrogens (primary N) is 1. The molecule has 0 aliphatic carbocycles. The van der Waals surface area contributed by atoms with E-state index in [1.807, 2.05) is 0 Å². The zero-order valence-electron chi connectivity index (χ0n) is 8.46. The fraction of sp³-hybridized carbons (Fsp3) is 0. The SMILES string of the molecule is NC(=O)c1ccccc1Oc1ccncc1. The van der Waals surface area contributed by atoms with Crippen LogP contribution >= 0.6 is 0 Å². The van der Waals surface area contributed by atoms with Crippen molar-refractivity contribution in [1.29, 1.82) is 0 Å². The molecule has 0 spiro atoms. The Morgan fingerprint density at radius 3 is 2.50 bits per heavy atom. The molecular formula is C12H10N2O2. The number of rotatable bonds is 3. The van der Waals surface area contributed by atoms with Gasteiger partial charge in [0, 0.05) is 12.4 Å². The lowest BCUT2D eigenvalue weighted by Crippen LogP contribution is -2.11. The molecule has 16 heavy (non-hydrogen) atoms. The number of benzene rings is 1. The van der Waals surface area contributed by atoms with Gasteiger partial charge >= 0.3 is 0 Å². The summed E-state index contributed by atoms with van der Waals surface area (Å²) >= 11 is 0. The van der Waals surface area contributed by atoms with E-state index in [0.29, 0.717) is 17.1 Å². The van der Waals surface area contributed by atoms with Crippen molar-refractivity contribution < 1.29 is 9.53 Å². The van der Waals surface area contributed by atoms with Crippen LogP contribution in [0.2, 0.25) is 0 Å². The molecule has 0 saturated carbocycles. The van der Waals surface area contributed by atoms with E-state index in [2.05, 4.69) is 4.98 Å². The fourth-order valence-corrected chi connectivity index (χ4v) is 1.29. The molecule has 0 aliphatic rings. The summed E-state index contributed by atoms with van der Waals surface area (Å²) in [5.41, 5.74) is 5.60. The highest BCUT2D eigenvalue weighted by molar-refractivity contribution is 5.95. The second-order valence-electron chi connectivity index (χ2n) is 3.15. The van der Waals surface area contributed by atoms with Crippen LogP contribution in [-0.2, 0) is 0 Å². The maximum Gasteiger partial charge on any atom is 0.252 e. The fourth-order valence-electron chi connectivity index (χ4n) is 1.29. The monoisotopic (exact) mass is 214 g/mol. The van der Waals surface area contributed by atoms with E-state index < -0.39 is 5.91 Å². The van der Waals surface area contributed by atoms with Crippen LogP contribution in [0, 0.1) is 0 Å². The van der Waals surface area contributed by atoms with E-state index >= 15 is 0 Å². The number of ether oxygens (including phenoxy) is 1. The van der Waals surface area contributed by atoms with Crippen LogP contribution in [0.3, 0.4) is 0 Å². The number of aromatic nitrogens is 1. The number of primary amides is 1. The standard InChI is InChI=1S/C12H10N2O2/c13-12(15)10-3-1-2-4-11(10)16-9-5-7-14-8-6-9/h1-8H,(H2,13,15). The summed E-state index contributed by atoms with van der Waals surface area (Å²) in [5, 5.41) is 0. The Morgan fingerprint density at radius 1 is 1.12 bits per heavy atom. The predicted octanol–water partition coefficient (Wildman–Crippen LogP) is 1.97. The lowest BCUT2D eigenvalue weighted by Gasteiger charge is -2.08. The molecule has 4 heteroatoms. The Hall–Kier alpha value is -2.36. The summed E-state index contributed by atoms with van der Waals surface area (Å²) in [7, 11) is 0. The molecule has 1 heterocycles. The van der Waals surface area contributed by atoms with Gasteiger partial charge in [-0.05, 0) is 24.3 Å². The third-order valence-electron chi connectivity index (χ3n) is 2.03. The Balaban J connectivity index is 2.31. The van der Waals surface area contributed by atoms with E-state index in [-0.39, 0.29) is 0 Å². The quantitative estimate of drug-likeness (QED) is 0.849. The largest absolute Gasteiger partial charge is 0.456 e. The number of hydrogen-bond donors (Lipinski definition) is 1. The van der Waals surface area contributed by atoms with Crippen molar-refractivity contribution in [2.24, 2.45) is 5.73 Å². The van der Waals surface area contributed by atoms with Crippen LogP contribution in [0.5, 0.6) is 11.5 Å². The first kappa shape index (κ1) is 10.2. The smallest absolute Gasteiger partial charge is 0.252 e. The molecule has 2 rings (SSSR count). The van der Waals surface area contributed by atoms with Gasteiger partial charge in [-0.25, -0.2) is 0 Å². The predicted molar refractivity (Wildman–Crippen MR) is 59.3 cm³/mol. The van der Waals surface area contributed by atoms with E-state index in [4.69, 9.17) is 10.5 Å². The van der Waals surface area contributed by atoms with Gasteiger partial charge in [0.05, 0.1) is 5.56 Å². The normalized spacial score (nSPS) is 9.75. The minimum absolute atomic E-state index is 0.360. The van der Waals surface area contributed by atoms with Crippen LogP contribution in [0.15, 0.2) is 48.8 Å². The topological polar surface area (TPSA) is 65.2 Å². The molecular weight excluding hydrogens is 204 g/mol. The van der Waals surface area contributed by atoms with Gasteiger partial charge in [-0.2, -0.15) is 0 Å². The van der Waals surface area contributed by atoms with E-state index in [1.165, 1.54) is 0 Å². The minimum atomic E-state index is -0.510. The summed E-state index contributed by atoms with van der Waals surface area (Å²) in [4.78, 5) is 15.0. The van der Waals surface area contributed by atoms with Crippen LogP contribution in [0.25, 0.3) is 0 Å². The van der Waals surface area contributed by atoms with Crippen LogP contribution in [-0.4, -0.2) is 10.9 Å². The van der Waals surface area contributed by atoms with Crippen molar-refractivity contribution in [3.63, 3.8) is 0 Å². The zero-order valence-corrected chi connectivity index (χ0v) is 8.46. The number of carbonyl (C=O) groups excluding carboxylic acids is 1. The summed E-state index contributed by atoms with van der Waals surface area (Å²) in [6.07, 6.45) is 3.23. The van der Waals surface area contributed by atoms with Crippen LogP contribution in [0.1, 0.15) is 10.4 Å². The van der Waals surface area contributed by atoms with Gasteiger partial charge in [0.15, 0.2) is 0 Å². The molecule has 0 bridgehead atoms. The van der Waals surface area contributed by atoms with E-state index in [9.17, 15) is 4.79 Å². The molecule has 0 radical (unpaired) electrons. The summed E-state index contributed by atoms with van der Waals surface area (Å²) in [5.74, 6) is 0.551. The molecule has 0 fully saturated rings. The van der Waals surface area contributed by atoms with Gasteiger partial charge in [0.1, 0.15) is 11.5 Å². The Morgan fingerprint density at radius 2 is 1.81 bits per heavy atom. The number of carbonyl (C=O) groups is 1. The molecule has 0 saturated heterocycles. The molecule has 0 unspecified atom stereocenters. The van der Waals surface area contributed by atoms with Crippen LogP contribution < -0.4 is 10.5 Å². The van der Waals surface area contributed by atoms with E-state index in [1.54, 1.807) is 48.8 Å². The summed E-state index contributed by atoms with van der Waals surface area (Å²) < 4.78 is 5.53. The molecule has 0 atom stereocenters. The van der Waals surface area contributed by atoms with Crippen LogP contribution in [0.4, 0.5) is 0 Å². The molecule has 4 nitrogen and oxygen atoms in total. The highest BCUT2D eigenvalue weighted by Crippen LogP contribution is 2.23. The third-order valence-corrected chi connectivity index (χ3v) is 2.03. The number of pyridine rings is 1. The lowest BCUT2D eigenvalue weighted by atomic mass is 10.2. The third kappa shape index (κ3) is 2.17. The average molecular weight is 214 g/mol. The van der Waals surface area contributed by atoms with Gasteiger partial charge < -0.3 is 10.5 Å². The molecule has 0 aliphatic heterocycles. The Bertz CT molecular complexity index is 497. The van der Waals surface area contributed by atoms with Gasteiger partial charge in [-0.1, -0.05) is 12.1 Å². The first-order valence-electron chi connectivity index (χ1n) is 4.74. The van der Waals surface area contributed by atoms with Gasteiger partial charge in [-0.15, -0.1) is 0 Å². The van der Waals surface area contributed by atoms with Gasteiger partial charge in [0.25, 0.3) is 5.91 Å². The number of nitrogens with zero attached hydrogens (tertiary/aromatic N) is 1. The first-order chi connectivity index (χ1) is 7.77. The highest BCUT2D eigenvalue weighted by Gasteiger charge is 2.08. The Kier molecular flexibility index (Phi) is 2.82. The zero-order chi connectivity index (χ0) is 11.4. The second kappa shape index (κ2) is 4.44. The molecule has 80 valence electrons. The number of amides is 1. The van der Waals surface area contributed by atoms with Crippen molar-refractivity contribution in [3.05, 3.63) is 54.4 Å². The molecule has 1 amide bonds. The highest BCUT2D eigenvalue weighted by atomic mass is 16.5. The van der Waals surface area contributed by atoms with Crippen molar-refractivity contribution in [3.8, 4) is 11.5 Å². The van der Waals surface area contributed by atoms with Crippen molar-refractivity contribution in [2.75, 3.05) is 0 Å². The van der Waals surface area contributed by atoms with Gasteiger partial charge in [-0.3, -0.25) is 9.78 Å². The molecule has 2 aromatic rings. The maximum absolute atomic E-state index is 11.1. The minimum Gasteiger partial charge on any atom is -0.456 e. The number of para-hydroxylation sites is 1. The Labute approximate surface area is 92.7 Å². The van der Waals surface area contributed by atoms with Crippen molar-refractivity contribution in [2.45, 2.75) is 0 Å². The van der Waals surface area contributed by atoms with Crippen molar-refractivity contribution >= 4 is 5.91 Å². The lowest BCUT2D eigenvalue weighted by molar-refractivity contribution is 0.0998. The maximum atomic E-state index is 11.1. The molecule has 2 N–H and O–H groups in total. The second-order valence-corrected chi connectivity index (χ2v) is 3.15. The molecule has 1 aromatic carbocycles. The first-order valence-corrected chi connectivity index (χ1v) is 4.74. The summed E-state index contributed by atoms with van der Waals surface area (Å²) in [6, 6.07) is 10.2. The van der Waals surface area contributed by atoms with E-state index in [0.717, 1.165) is 0 Å². The van der Waals surface area contributed by atoms with Gasteiger partial charge in [0.2, 0.25) is 0 Å². The number of hydrogen-bond acceptors (Lipinski definition) is 3.